The molecule has 234 valence electrons. The number of cyclic esters (lactones) is 1. The lowest BCUT2D eigenvalue weighted by Crippen LogP contribution is -2.41. The van der Waals surface area contributed by atoms with Crippen LogP contribution in [0.5, 0.6) is 0 Å². The molecule has 2 fully saturated rings. The molecule has 2 bridgehead atoms. The van der Waals surface area contributed by atoms with Gasteiger partial charge in [0.2, 0.25) is 5.89 Å². The molecule has 0 aromatic carbocycles. The first-order chi connectivity index (χ1) is 20.3. The van der Waals surface area contributed by atoms with Gasteiger partial charge in [0.1, 0.15) is 18.5 Å². The smallest absolute Gasteiger partial charge is 0.407 e. The fourth-order valence-corrected chi connectivity index (χ4v) is 5.49. The number of allylic oxidation sites excluding steroid dienone is 1. The van der Waals surface area contributed by atoms with Gasteiger partial charge in [-0.05, 0) is 44.1 Å². The van der Waals surface area contributed by atoms with Crippen LogP contribution in [0, 0.1) is 5.92 Å². The molecule has 0 aliphatic carbocycles. The maximum atomic E-state index is 12.8. The summed E-state index contributed by atoms with van der Waals surface area (Å²) >= 11 is 0. The third-order valence-electron chi connectivity index (χ3n) is 7.41. The second-order valence-electron chi connectivity index (χ2n) is 11.1. The molecule has 11 nitrogen and oxygen atoms in total. The van der Waals surface area contributed by atoms with Gasteiger partial charge in [0.05, 0.1) is 37.5 Å². The summed E-state index contributed by atoms with van der Waals surface area (Å²) in [6.07, 6.45) is 13.1. The highest BCUT2D eigenvalue weighted by Gasteiger charge is 2.35. The number of aromatic nitrogens is 1. The van der Waals surface area contributed by atoms with Crippen molar-refractivity contribution >= 4 is 24.1 Å². The molecule has 0 saturated carbocycles. The van der Waals surface area contributed by atoms with Crippen molar-refractivity contribution in [2.24, 2.45) is 5.92 Å². The number of aryl methyl sites for hydroxylation is 1. The van der Waals surface area contributed by atoms with E-state index in [0.29, 0.717) is 50.5 Å². The van der Waals surface area contributed by atoms with Gasteiger partial charge in [-0.3, -0.25) is 4.79 Å². The zero-order valence-electron chi connectivity index (χ0n) is 25.3. The van der Waals surface area contributed by atoms with E-state index >= 15 is 0 Å². The molecule has 0 unspecified atom stereocenters. The lowest BCUT2D eigenvalue weighted by molar-refractivity contribution is -0.168. The minimum atomic E-state index is -0.513. The maximum Gasteiger partial charge on any atom is 0.407 e. The van der Waals surface area contributed by atoms with Gasteiger partial charge in [-0.15, -0.1) is 0 Å². The van der Waals surface area contributed by atoms with Crippen LogP contribution in [0.4, 0.5) is 4.79 Å². The number of rotatable bonds is 11. The Balaban J connectivity index is 1.49. The van der Waals surface area contributed by atoms with E-state index in [1.54, 1.807) is 31.6 Å². The molecule has 2 saturated heterocycles. The standard InChI is InChI=1S/C31H46N2O9/c1-5-9-23-16-24(37-3)14-21(2)15-25-17-26(18-27(40-25)19-30(35)41-23)42-29(34)12-7-6-10-22-20-39-28(33-22)11-8-13-32-31(36)38-4/h7-8,11-12,20-21,23-27H,5-6,9-10,13-19H2,1-4H3,(H,32,36)/b11-8-,12-7-/t21-,23-,24-,25+,26+,27+/m1/s1. The fraction of sp³-hybridized carbons (Fsp3) is 0.677. The van der Waals surface area contributed by atoms with E-state index in [-0.39, 0.29) is 42.9 Å². The highest BCUT2D eigenvalue weighted by molar-refractivity contribution is 5.82. The van der Waals surface area contributed by atoms with Gasteiger partial charge < -0.3 is 33.4 Å². The minimum Gasteiger partial charge on any atom is -0.462 e. The largest absolute Gasteiger partial charge is 0.462 e. The fourth-order valence-electron chi connectivity index (χ4n) is 5.49. The summed E-state index contributed by atoms with van der Waals surface area (Å²) in [6.45, 7) is 4.56. The predicted molar refractivity (Wildman–Crippen MR) is 154 cm³/mol. The zero-order valence-corrected chi connectivity index (χ0v) is 25.3. The summed E-state index contributed by atoms with van der Waals surface area (Å²) in [7, 11) is 3.01. The van der Waals surface area contributed by atoms with Crippen LogP contribution in [0.25, 0.3) is 6.08 Å². The monoisotopic (exact) mass is 590 g/mol. The number of carbonyl (C=O) groups excluding carboxylic acids is 3. The second-order valence-corrected chi connectivity index (χ2v) is 11.1. The molecule has 2 aliphatic rings. The normalized spacial score (nSPS) is 27.2. The van der Waals surface area contributed by atoms with E-state index in [2.05, 4.69) is 28.9 Å². The lowest BCUT2D eigenvalue weighted by atomic mass is 9.89. The summed E-state index contributed by atoms with van der Waals surface area (Å²) < 4.78 is 33.5. The third kappa shape index (κ3) is 12.0. The number of ether oxygens (including phenoxy) is 5. The second kappa shape index (κ2) is 17.7. The van der Waals surface area contributed by atoms with Crippen LogP contribution in [0.15, 0.2) is 28.9 Å². The van der Waals surface area contributed by atoms with E-state index in [9.17, 15) is 14.4 Å². The number of hydrogen-bond donors (Lipinski definition) is 1. The van der Waals surface area contributed by atoms with Crippen LogP contribution in [0.3, 0.4) is 0 Å². The topological polar surface area (TPSA) is 135 Å². The molecule has 1 amide bonds. The Morgan fingerprint density at radius 1 is 1.10 bits per heavy atom. The van der Waals surface area contributed by atoms with Crippen LogP contribution in [-0.4, -0.2) is 74.3 Å². The SMILES string of the molecule is CCC[C@@H]1C[C@H](OC)C[C@@H](C)C[C@H]2C[C@H](OC(=O)/C=C\CCc3coc(/C=C\CNC(=O)OC)n3)C[C@@H](CC(=O)O1)O2. The van der Waals surface area contributed by atoms with Crippen LogP contribution in [0.2, 0.25) is 0 Å². The number of alkyl carbamates (subject to hydrolysis) is 1. The number of carbonyl (C=O) groups is 3. The van der Waals surface area contributed by atoms with Crippen molar-refractivity contribution in [1.82, 2.24) is 10.3 Å². The van der Waals surface area contributed by atoms with Crippen molar-refractivity contribution in [3.63, 3.8) is 0 Å². The average Bonchev–Trinajstić information content (AvgIpc) is 3.39. The van der Waals surface area contributed by atoms with Crippen LogP contribution < -0.4 is 5.32 Å². The third-order valence-corrected chi connectivity index (χ3v) is 7.41. The Hall–Kier alpha value is -3.18. The molecule has 1 aromatic rings. The highest BCUT2D eigenvalue weighted by atomic mass is 16.6. The van der Waals surface area contributed by atoms with Gasteiger partial charge in [0.15, 0.2) is 0 Å². The summed E-state index contributed by atoms with van der Waals surface area (Å²) in [5.74, 6) is 0.0697. The molecule has 3 rings (SSSR count). The molecular formula is C31H46N2O9. The van der Waals surface area contributed by atoms with E-state index in [1.165, 1.54) is 13.2 Å². The minimum absolute atomic E-state index is 0.0116. The van der Waals surface area contributed by atoms with E-state index in [1.807, 2.05) is 0 Å². The van der Waals surface area contributed by atoms with E-state index in [0.717, 1.165) is 31.4 Å². The first-order valence-corrected chi connectivity index (χ1v) is 15.0. The maximum absolute atomic E-state index is 12.8. The van der Waals surface area contributed by atoms with Crippen LogP contribution in [0.1, 0.15) is 83.2 Å². The zero-order chi connectivity index (χ0) is 30.3. The molecular weight excluding hydrogens is 544 g/mol. The quantitative estimate of drug-likeness (QED) is 0.215. The Bertz CT molecular complexity index is 1050. The van der Waals surface area contributed by atoms with Crippen molar-refractivity contribution in [3.8, 4) is 0 Å². The Morgan fingerprint density at radius 2 is 1.90 bits per heavy atom. The summed E-state index contributed by atoms with van der Waals surface area (Å²) in [6, 6.07) is 0. The lowest BCUT2D eigenvalue weighted by Gasteiger charge is -2.37. The molecule has 42 heavy (non-hydrogen) atoms. The molecule has 0 spiro atoms. The van der Waals surface area contributed by atoms with Gasteiger partial charge >= 0.3 is 18.0 Å². The van der Waals surface area contributed by atoms with Crippen molar-refractivity contribution in [1.29, 1.82) is 0 Å². The number of hydrogen-bond acceptors (Lipinski definition) is 10. The van der Waals surface area contributed by atoms with E-state index in [4.69, 9.17) is 23.4 Å². The Labute approximate surface area is 248 Å². The molecule has 1 aromatic heterocycles. The predicted octanol–water partition coefficient (Wildman–Crippen LogP) is 4.93. The number of amides is 1. The Kier molecular flexibility index (Phi) is 14.0. The number of fused-ring (bicyclic) bond motifs is 2. The van der Waals surface area contributed by atoms with Crippen LogP contribution in [-0.2, 0) is 39.7 Å². The van der Waals surface area contributed by atoms with Crippen molar-refractivity contribution in [2.75, 3.05) is 20.8 Å². The number of nitrogens with one attached hydrogen (secondary N) is 1. The van der Waals surface area contributed by atoms with Crippen LogP contribution >= 0.6 is 0 Å². The Morgan fingerprint density at radius 3 is 2.67 bits per heavy atom. The summed E-state index contributed by atoms with van der Waals surface area (Å²) in [4.78, 5) is 40.8. The molecule has 11 heteroatoms. The molecule has 6 atom stereocenters. The van der Waals surface area contributed by atoms with Crippen molar-refractivity contribution in [3.05, 3.63) is 36.1 Å². The van der Waals surface area contributed by atoms with Crippen molar-refractivity contribution < 1.29 is 42.5 Å². The number of oxazole rings is 1. The molecule has 3 heterocycles. The molecule has 1 N–H and O–H groups in total. The van der Waals surface area contributed by atoms with Gasteiger partial charge in [0, 0.05) is 39.0 Å². The van der Waals surface area contributed by atoms with Gasteiger partial charge in [-0.25, -0.2) is 14.6 Å². The molecule has 0 radical (unpaired) electrons. The first kappa shape index (κ1) is 33.3. The van der Waals surface area contributed by atoms with Crippen molar-refractivity contribution in [2.45, 2.75) is 109 Å². The van der Waals surface area contributed by atoms with Gasteiger partial charge in [-0.2, -0.15) is 0 Å². The van der Waals surface area contributed by atoms with Gasteiger partial charge in [0.25, 0.3) is 0 Å². The van der Waals surface area contributed by atoms with E-state index < -0.39 is 12.1 Å². The highest BCUT2D eigenvalue weighted by Crippen LogP contribution is 2.31. The summed E-state index contributed by atoms with van der Waals surface area (Å²) in [5, 5.41) is 2.53. The average molecular weight is 591 g/mol. The first-order valence-electron chi connectivity index (χ1n) is 15.0. The molecule has 2 aliphatic heterocycles. The number of nitrogens with zero attached hydrogens (tertiary/aromatic N) is 1. The number of esters is 2. The number of methoxy groups -OCH3 is 2. The van der Waals surface area contributed by atoms with Gasteiger partial charge in [-0.1, -0.05) is 32.4 Å². The summed E-state index contributed by atoms with van der Waals surface area (Å²) in [5.41, 5.74) is 0.745.